The molecular formula is C59H82N6O6. The number of hydrogen-bond acceptors (Lipinski definition) is 12. The monoisotopic (exact) mass is 971 g/mol. The number of ether oxygens (including phenoxy) is 2. The quantitative estimate of drug-likeness (QED) is 0.0471. The summed E-state index contributed by atoms with van der Waals surface area (Å²) in [6, 6.07) is 36.6. The molecule has 0 amide bonds. The summed E-state index contributed by atoms with van der Waals surface area (Å²) in [4.78, 5) is 68.1. The van der Waals surface area contributed by atoms with Crippen molar-refractivity contribution in [2.75, 3.05) is 110 Å². The number of rotatable bonds is 25. The minimum absolute atomic E-state index is 0.0146. The highest BCUT2D eigenvalue weighted by molar-refractivity contribution is 6.04. The van der Waals surface area contributed by atoms with E-state index in [1.54, 1.807) is 13.8 Å². The van der Waals surface area contributed by atoms with E-state index in [-0.39, 0.29) is 36.3 Å². The number of nitrogens with zero attached hydrogens (tertiary/aromatic N) is 6. The Labute approximate surface area is 425 Å². The second-order valence-electron chi connectivity index (χ2n) is 21.2. The van der Waals surface area contributed by atoms with Crippen LogP contribution in [0.1, 0.15) is 99.1 Å². The van der Waals surface area contributed by atoms with Crippen LogP contribution in [0, 0.1) is 0 Å². The van der Waals surface area contributed by atoms with E-state index in [4.69, 9.17) is 9.47 Å². The summed E-state index contributed by atoms with van der Waals surface area (Å²) in [5.41, 5.74) is 2.73. The number of carbonyl (C=O) groups is 4. The molecule has 2 fully saturated rings. The number of piperazine rings is 2. The van der Waals surface area contributed by atoms with Crippen molar-refractivity contribution >= 4 is 34.7 Å². The maximum Gasteiger partial charge on any atom is 0.307 e. The number of carbonyl (C=O) groups excluding carboxylic acids is 4. The smallest absolute Gasteiger partial charge is 0.307 e. The number of benzene rings is 4. The van der Waals surface area contributed by atoms with Gasteiger partial charge in [0.05, 0.1) is 24.1 Å². The Balaban J connectivity index is 0.881. The third kappa shape index (κ3) is 14.0. The van der Waals surface area contributed by atoms with E-state index in [2.05, 4.69) is 91.8 Å². The van der Waals surface area contributed by atoms with Crippen molar-refractivity contribution in [1.82, 2.24) is 19.6 Å². The number of esters is 1. The lowest BCUT2D eigenvalue weighted by Crippen LogP contribution is -2.52. The van der Waals surface area contributed by atoms with Gasteiger partial charge in [-0.2, -0.15) is 0 Å². The minimum atomic E-state index is -1.03. The van der Waals surface area contributed by atoms with Gasteiger partial charge in [0, 0.05) is 94.4 Å². The van der Waals surface area contributed by atoms with Crippen LogP contribution in [0.3, 0.4) is 0 Å². The molecule has 6 rings (SSSR count). The zero-order valence-electron chi connectivity index (χ0n) is 44.5. The highest BCUT2D eigenvalue weighted by Crippen LogP contribution is 2.31. The van der Waals surface area contributed by atoms with Crippen LogP contribution in [0.25, 0.3) is 0 Å². The predicted molar refractivity (Wildman–Crippen MR) is 287 cm³/mol. The molecule has 0 aliphatic carbocycles. The van der Waals surface area contributed by atoms with Crippen LogP contribution in [0.15, 0.2) is 109 Å². The molecule has 0 radical (unpaired) electrons. The number of likely N-dealkylation sites (N-methyl/N-ethyl adjacent to an activating group) is 2. The van der Waals surface area contributed by atoms with Gasteiger partial charge in [-0.05, 0) is 141 Å². The van der Waals surface area contributed by atoms with Crippen LogP contribution in [-0.4, -0.2) is 165 Å². The lowest BCUT2D eigenvalue weighted by molar-refractivity contribution is -0.171. The predicted octanol–water partition coefficient (Wildman–Crippen LogP) is 8.37. The first-order chi connectivity index (χ1) is 33.8. The van der Waals surface area contributed by atoms with Crippen LogP contribution >= 0.6 is 0 Å². The molecule has 2 aliphatic heterocycles. The molecule has 2 saturated heterocycles. The molecule has 2 unspecified atom stereocenters. The van der Waals surface area contributed by atoms with E-state index >= 15 is 0 Å². The third-order valence-corrected chi connectivity index (χ3v) is 15.3. The summed E-state index contributed by atoms with van der Waals surface area (Å²) < 4.78 is 12.1. The van der Waals surface area contributed by atoms with Gasteiger partial charge in [0.15, 0.2) is 17.3 Å². The Morgan fingerprint density at radius 1 is 0.521 bits per heavy atom. The average Bonchev–Trinajstić information content (AvgIpc) is 3.38. The SMILES string of the molecule is CCC(Cc1ccccc1)(C(=O)c1ccc(N2CCN(CCC(=O)OC(C)(C)COC(C)(C)C(=O)CCN3CCN(c4ccc(C(=O)C(CC)(Cc5ccccc5)N(C)C)cc4)CC3)CC2)cc1)N(C)C. The summed E-state index contributed by atoms with van der Waals surface area (Å²) >= 11 is 0. The van der Waals surface area contributed by atoms with Crippen LogP contribution < -0.4 is 9.80 Å². The zero-order chi connectivity index (χ0) is 51.4. The van der Waals surface area contributed by atoms with E-state index in [0.29, 0.717) is 45.2 Å². The first-order valence-corrected chi connectivity index (χ1v) is 25.9. The van der Waals surface area contributed by atoms with Gasteiger partial charge in [-0.15, -0.1) is 0 Å². The number of hydrogen-bond donors (Lipinski definition) is 0. The molecule has 2 aliphatic rings. The molecule has 0 aromatic heterocycles. The van der Waals surface area contributed by atoms with E-state index < -0.39 is 22.3 Å². The Hall–Kier alpha value is -5.24. The maximum absolute atomic E-state index is 14.1. The second-order valence-corrected chi connectivity index (χ2v) is 21.2. The van der Waals surface area contributed by atoms with Crippen LogP contribution in [0.2, 0.25) is 0 Å². The summed E-state index contributed by atoms with van der Waals surface area (Å²) in [5.74, 6) is -0.00151. The van der Waals surface area contributed by atoms with Gasteiger partial charge in [-0.1, -0.05) is 74.5 Å². The Bertz CT molecular complexity index is 2340. The molecular weight excluding hydrogens is 889 g/mol. The summed E-state index contributed by atoms with van der Waals surface area (Å²) in [7, 11) is 7.98. The van der Waals surface area contributed by atoms with Crippen molar-refractivity contribution in [3.63, 3.8) is 0 Å². The molecule has 384 valence electrons. The average molecular weight is 971 g/mol. The fourth-order valence-electron chi connectivity index (χ4n) is 10.2. The molecule has 71 heavy (non-hydrogen) atoms. The molecule has 0 saturated carbocycles. The molecule has 0 bridgehead atoms. The van der Waals surface area contributed by atoms with Crippen molar-refractivity contribution in [1.29, 1.82) is 0 Å². The molecule has 0 N–H and O–H groups in total. The van der Waals surface area contributed by atoms with Crippen LogP contribution in [0.4, 0.5) is 11.4 Å². The number of Topliss-reactive ketones (excluding diaryl/α,β-unsaturated/α-hetero) is 3. The van der Waals surface area contributed by atoms with Gasteiger partial charge in [0.1, 0.15) is 11.2 Å². The molecule has 12 heteroatoms. The lowest BCUT2D eigenvalue weighted by Gasteiger charge is -2.38. The maximum atomic E-state index is 14.1. The Kier molecular flexibility index (Phi) is 19.0. The molecule has 4 aromatic rings. The van der Waals surface area contributed by atoms with Crippen molar-refractivity contribution in [2.24, 2.45) is 0 Å². The van der Waals surface area contributed by atoms with Gasteiger partial charge in [-0.25, -0.2) is 0 Å². The minimum Gasteiger partial charge on any atom is -0.457 e. The molecule has 12 nitrogen and oxygen atoms in total. The van der Waals surface area contributed by atoms with Crippen LogP contribution in [0.5, 0.6) is 0 Å². The molecule has 4 aromatic carbocycles. The van der Waals surface area contributed by atoms with Gasteiger partial charge < -0.3 is 19.3 Å². The normalized spacial score (nSPS) is 17.0. The van der Waals surface area contributed by atoms with Crippen molar-refractivity contribution in [3.8, 4) is 0 Å². The standard InChI is InChI=1S/C59H82N6O6/c1-11-58(60(7)8,43-46-19-15-13-16-20-46)54(68)48-23-27-50(28-24-48)64-39-35-62(36-40-64)33-31-52(66)57(5,6)70-45-56(3,4)71-53(67)32-34-63-37-41-65(42-38-63)51-29-25-49(26-30-51)55(69)59(12-2,61(9)10)44-47-21-17-14-18-22-47/h13-30H,11-12,31-45H2,1-10H3. The van der Waals surface area contributed by atoms with Crippen molar-refractivity contribution in [2.45, 2.75) is 102 Å². The fourth-order valence-corrected chi connectivity index (χ4v) is 10.2. The zero-order valence-corrected chi connectivity index (χ0v) is 44.5. The summed E-state index contributed by atoms with van der Waals surface area (Å²) in [6.07, 6.45) is 3.34. The van der Waals surface area contributed by atoms with Gasteiger partial charge in [0.25, 0.3) is 0 Å². The highest BCUT2D eigenvalue weighted by Gasteiger charge is 2.41. The first kappa shape index (κ1) is 55.1. The van der Waals surface area contributed by atoms with E-state index in [1.165, 1.54) is 0 Å². The lowest BCUT2D eigenvalue weighted by atomic mass is 9.80. The van der Waals surface area contributed by atoms with Gasteiger partial charge >= 0.3 is 5.97 Å². The summed E-state index contributed by atoms with van der Waals surface area (Å²) in [6.45, 7) is 19.3. The van der Waals surface area contributed by atoms with Gasteiger partial charge in [-0.3, -0.25) is 38.8 Å². The molecule has 2 atom stereocenters. The fraction of sp³-hybridized carbons (Fsp3) is 0.525. The van der Waals surface area contributed by atoms with Gasteiger partial charge in [0.2, 0.25) is 0 Å². The third-order valence-electron chi connectivity index (χ3n) is 15.3. The second kappa shape index (κ2) is 24.5. The number of ketones is 3. The van der Waals surface area contributed by atoms with Crippen LogP contribution in [-0.2, 0) is 31.9 Å². The topological polar surface area (TPSA) is 106 Å². The van der Waals surface area contributed by atoms with E-state index in [1.807, 2.05) is 103 Å². The van der Waals surface area contributed by atoms with Crippen molar-refractivity contribution in [3.05, 3.63) is 131 Å². The molecule has 0 spiro atoms. The molecule has 2 heterocycles. The highest BCUT2D eigenvalue weighted by atomic mass is 16.6. The number of anilines is 2. The van der Waals surface area contributed by atoms with Crippen molar-refractivity contribution < 1.29 is 28.7 Å². The van der Waals surface area contributed by atoms with E-state index in [9.17, 15) is 19.2 Å². The largest absolute Gasteiger partial charge is 0.457 e. The van der Waals surface area contributed by atoms with E-state index in [0.717, 1.165) is 86.0 Å². The summed E-state index contributed by atoms with van der Waals surface area (Å²) in [5, 5.41) is 0. The first-order valence-electron chi connectivity index (χ1n) is 25.9. The Morgan fingerprint density at radius 3 is 1.27 bits per heavy atom. The Morgan fingerprint density at radius 2 is 0.901 bits per heavy atom.